The fourth-order valence-electron chi connectivity index (χ4n) is 9.84. The minimum Gasteiger partial charge on any atom is -0.465 e. The van der Waals surface area contributed by atoms with Crippen LogP contribution in [0.4, 0.5) is 0 Å². The average molecular weight is 459 g/mol. The highest BCUT2D eigenvalue weighted by molar-refractivity contribution is 5.71. The van der Waals surface area contributed by atoms with Gasteiger partial charge >= 0.3 is 11.9 Å². The van der Waals surface area contributed by atoms with Crippen LogP contribution in [0.3, 0.4) is 0 Å². The smallest absolute Gasteiger partial charge is 0.306 e. The van der Waals surface area contributed by atoms with Gasteiger partial charge in [-0.2, -0.15) is 0 Å². The molecule has 184 valence electrons. The maximum absolute atomic E-state index is 12.3. The van der Waals surface area contributed by atoms with Crippen LogP contribution in [-0.4, -0.2) is 35.9 Å². The Labute approximate surface area is 198 Å². The zero-order valence-corrected chi connectivity index (χ0v) is 21.3. The number of fused-ring (bicyclic) bond motifs is 5. The zero-order chi connectivity index (χ0) is 24.0. The van der Waals surface area contributed by atoms with E-state index in [2.05, 4.69) is 40.7 Å². The molecule has 3 saturated carbocycles. The number of carbonyl (C=O) groups excluding carboxylic acids is 2. The van der Waals surface area contributed by atoms with Crippen molar-refractivity contribution >= 4 is 11.9 Å². The van der Waals surface area contributed by atoms with Gasteiger partial charge in [0.2, 0.25) is 0 Å². The van der Waals surface area contributed by atoms with Crippen LogP contribution in [0.25, 0.3) is 0 Å². The Morgan fingerprint density at radius 1 is 1.12 bits per heavy atom. The molecule has 4 fully saturated rings. The molecule has 1 heterocycles. The van der Waals surface area contributed by atoms with Gasteiger partial charge in [0, 0.05) is 18.3 Å². The minimum atomic E-state index is -0.318. The molecular weight excluding hydrogens is 416 g/mol. The summed E-state index contributed by atoms with van der Waals surface area (Å²) in [5.74, 6) is 1.11. The van der Waals surface area contributed by atoms with Gasteiger partial charge in [-0.25, -0.2) is 0 Å². The predicted molar refractivity (Wildman–Crippen MR) is 125 cm³/mol. The lowest BCUT2D eigenvalue weighted by Crippen LogP contribution is -2.66. The second kappa shape index (κ2) is 7.32. The lowest BCUT2D eigenvalue weighted by Gasteiger charge is -2.68. The number of rotatable bonds is 2. The molecule has 5 aliphatic rings. The second-order valence-corrected chi connectivity index (χ2v) is 13.2. The molecule has 0 radical (unpaired) electrons. The standard InChI is InChI=1S/C28H42O5/c1-16(29)33-23-14-21-25(2,3)22(30)10-12-27(21,5)20-9-11-26(4)18(17-13-24(31)32-15-17)7-8-19(26)28(20,23)6/h8,17-18,20-23,30H,7,9-15H2,1-6H3. The number of cyclic esters (lactones) is 1. The normalized spacial score (nSPS) is 50.5. The summed E-state index contributed by atoms with van der Waals surface area (Å²) in [5.41, 5.74) is 1.14. The number of esters is 2. The number of allylic oxidation sites excluding steroid dienone is 1. The van der Waals surface area contributed by atoms with Gasteiger partial charge in [-0.15, -0.1) is 0 Å². The summed E-state index contributed by atoms with van der Waals surface area (Å²) in [6.07, 6.45) is 8.31. The van der Waals surface area contributed by atoms with E-state index in [9.17, 15) is 14.7 Å². The van der Waals surface area contributed by atoms with E-state index >= 15 is 0 Å². The van der Waals surface area contributed by atoms with Gasteiger partial charge in [0.25, 0.3) is 0 Å². The Morgan fingerprint density at radius 2 is 1.85 bits per heavy atom. The summed E-state index contributed by atoms with van der Waals surface area (Å²) in [6, 6.07) is 0. The van der Waals surface area contributed by atoms with Gasteiger partial charge in [-0.1, -0.05) is 46.3 Å². The molecule has 0 aromatic rings. The van der Waals surface area contributed by atoms with Crippen LogP contribution in [-0.2, 0) is 19.1 Å². The minimum absolute atomic E-state index is 0.00912. The Kier molecular flexibility index (Phi) is 5.19. The first-order valence-corrected chi connectivity index (χ1v) is 13.1. The molecule has 0 amide bonds. The van der Waals surface area contributed by atoms with Crippen molar-refractivity contribution in [3.63, 3.8) is 0 Å². The summed E-state index contributed by atoms with van der Waals surface area (Å²) in [7, 11) is 0. The van der Waals surface area contributed by atoms with Crippen molar-refractivity contribution < 1.29 is 24.2 Å². The molecule has 0 aromatic carbocycles. The number of aliphatic hydroxyl groups is 1. The fraction of sp³-hybridized carbons (Fsp3) is 0.857. The predicted octanol–water partition coefficient (Wildman–Crippen LogP) is 5.06. The topological polar surface area (TPSA) is 72.8 Å². The molecular formula is C28H42O5. The van der Waals surface area contributed by atoms with Gasteiger partial charge in [-0.05, 0) is 72.5 Å². The van der Waals surface area contributed by atoms with Crippen LogP contribution >= 0.6 is 0 Å². The van der Waals surface area contributed by atoms with Gasteiger partial charge in [0.15, 0.2) is 0 Å². The summed E-state index contributed by atoms with van der Waals surface area (Å²) >= 11 is 0. The van der Waals surface area contributed by atoms with E-state index in [4.69, 9.17) is 9.47 Å². The van der Waals surface area contributed by atoms with Gasteiger partial charge < -0.3 is 14.6 Å². The fourth-order valence-corrected chi connectivity index (χ4v) is 9.84. The molecule has 4 aliphatic carbocycles. The first kappa shape index (κ1) is 23.4. The molecule has 9 atom stereocenters. The van der Waals surface area contributed by atoms with Crippen molar-refractivity contribution in [3.05, 3.63) is 11.6 Å². The van der Waals surface area contributed by atoms with E-state index in [1.807, 2.05) is 0 Å². The van der Waals surface area contributed by atoms with Crippen molar-refractivity contribution in [2.24, 2.45) is 45.3 Å². The monoisotopic (exact) mass is 458 g/mol. The second-order valence-electron chi connectivity index (χ2n) is 13.2. The molecule has 0 aromatic heterocycles. The Hall–Kier alpha value is -1.36. The van der Waals surface area contributed by atoms with Gasteiger partial charge in [0.05, 0.1) is 19.1 Å². The summed E-state index contributed by atoms with van der Waals surface area (Å²) < 4.78 is 11.5. The van der Waals surface area contributed by atoms with Crippen molar-refractivity contribution in [2.45, 2.75) is 98.7 Å². The number of hydrogen-bond acceptors (Lipinski definition) is 5. The van der Waals surface area contributed by atoms with Crippen molar-refractivity contribution in [2.75, 3.05) is 6.61 Å². The van der Waals surface area contributed by atoms with Gasteiger partial charge in [0.1, 0.15) is 6.10 Å². The summed E-state index contributed by atoms with van der Waals surface area (Å²) in [5, 5.41) is 10.9. The van der Waals surface area contributed by atoms with E-state index in [1.165, 1.54) is 12.5 Å². The van der Waals surface area contributed by atoms with Crippen LogP contribution in [0, 0.1) is 45.3 Å². The zero-order valence-electron chi connectivity index (χ0n) is 21.3. The van der Waals surface area contributed by atoms with E-state index in [0.29, 0.717) is 30.8 Å². The maximum atomic E-state index is 12.3. The Balaban J connectivity index is 1.57. The van der Waals surface area contributed by atoms with Crippen molar-refractivity contribution in [3.8, 4) is 0 Å². The lowest BCUT2D eigenvalue weighted by atomic mass is 9.37. The van der Waals surface area contributed by atoms with E-state index < -0.39 is 0 Å². The molecule has 1 aliphatic heterocycles. The number of ether oxygens (including phenoxy) is 2. The Morgan fingerprint density at radius 3 is 2.48 bits per heavy atom. The molecule has 9 unspecified atom stereocenters. The molecule has 33 heavy (non-hydrogen) atoms. The van der Waals surface area contributed by atoms with Gasteiger partial charge in [-0.3, -0.25) is 9.59 Å². The van der Waals surface area contributed by atoms with Crippen LogP contribution in [0.2, 0.25) is 0 Å². The van der Waals surface area contributed by atoms with Crippen molar-refractivity contribution in [1.29, 1.82) is 0 Å². The van der Waals surface area contributed by atoms with Crippen LogP contribution < -0.4 is 0 Å². The summed E-state index contributed by atoms with van der Waals surface area (Å²) in [6.45, 7) is 13.7. The third-order valence-electron chi connectivity index (χ3n) is 11.5. The third-order valence-corrected chi connectivity index (χ3v) is 11.5. The van der Waals surface area contributed by atoms with Crippen LogP contribution in [0.5, 0.6) is 0 Å². The number of carbonyl (C=O) groups is 2. The van der Waals surface area contributed by atoms with Crippen LogP contribution in [0.15, 0.2) is 11.6 Å². The number of aliphatic hydroxyl groups excluding tert-OH is 1. The molecule has 5 rings (SSSR count). The first-order valence-electron chi connectivity index (χ1n) is 13.1. The largest absolute Gasteiger partial charge is 0.465 e. The van der Waals surface area contributed by atoms with E-state index in [0.717, 1.165) is 38.5 Å². The molecule has 5 nitrogen and oxygen atoms in total. The molecule has 0 bridgehead atoms. The first-order chi connectivity index (χ1) is 15.3. The molecule has 1 saturated heterocycles. The van der Waals surface area contributed by atoms with Crippen molar-refractivity contribution in [1.82, 2.24) is 0 Å². The summed E-state index contributed by atoms with van der Waals surface area (Å²) in [4.78, 5) is 24.2. The third kappa shape index (κ3) is 3.06. The van der Waals surface area contributed by atoms with E-state index in [-0.39, 0.29) is 51.7 Å². The molecule has 5 heteroatoms. The number of hydrogen-bond donors (Lipinski definition) is 1. The maximum Gasteiger partial charge on any atom is 0.306 e. The quantitative estimate of drug-likeness (QED) is 0.463. The average Bonchev–Trinajstić information content (AvgIpc) is 3.30. The highest BCUT2D eigenvalue weighted by atomic mass is 16.5. The molecule has 0 spiro atoms. The molecule has 1 N–H and O–H groups in total. The highest BCUT2D eigenvalue weighted by Crippen LogP contribution is 2.73. The SMILES string of the molecule is CC(=O)OC1CC2C(C)(C)C(O)CCC2(C)C2CCC3(C)C(=CCC3C3COC(=O)C3)C12C. The Bertz CT molecular complexity index is 891. The lowest BCUT2D eigenvalue weighted by molar-refractivity contribution is -0.222. The van der Waals surface area contributed by atoms with Crippen LogP contribution in [0.1, 0.15) is 86.5 Å². The highest BCUT2D eigenvalue weighted by Gasteiger charge is 2.69. The van der Waals surface area contributed by atoms with E-state index in [1.54, 1.807) is 0 Å².